The molecule has 0 spiro atoms. The smallest absolute Gasteiger partial charge is 0.147 e. The first kappa shape index (κ1) is 27.6. The second-order valence-corrected chi connectivity index (χ2v) is 19.2. The summed E-state index contributed by atoms with van der Waals surface area (Å²) in [6, 6.07) is 27.9. The van der Waals surface area contributed by atoms with Gasteiger partial charge in [0.2, 0.25) is 0 Å². The van der Waals surface area contributed by atoms with E-state index in [1.54, 1.807) is 12.0 Å². The van der Waals surface area contributed by atoms with Crippen molar-refractivity contribution < 1.29 is 21.3 Å². The zero-order chi connectivity index (χ0) is 24.6. The molecule has 6 aliphatic rings. The van der Waals surface area contributed by atoms with E-state index in [2.05, 4.69) is 91.9 Å². The number of rotatable bonds is 4. The molecule has 9 rings (SSSR count). The van der Waals surface area contributed by atoms with Crippen LogP contribution in [0.2, 0.25) is 0 Å². The molecule has 0 aromatic heterocycles. The summed E-state index contributed by atoms with van der Waals surface area (Å²) in [5, 5.41) is 0. The van der Waals surface area contributed by atoms with Gasteiger partial charge >= 0.3 is 231 Å². The molecule has 0 unspecified atom stereocenters. The molecule has 3 aromatic carbocycles. The van der Waals surface area contributed by atoms with Crippen molar-refractivity contribution in [1.82, 2.24) is 0 Å². The van der Waals surface area contributed by atoms with Crippen molar-refractivity contribution >= 4 is 31.3 Å². The van der Waals surface area contributed by atoms with Crippen LogP contribution in [0.5, 0.6) is 0 Å². The van der Waals surface area contributed by atoms with E-state index in [9.17, 15) is 0 Å². The normalized spacial score (nSPS) is 28.0. The van der Waals surface area contributed by atoms with Gasteiger partial charge in [0.25, 0.3) is 0 Å². The molecule has 0 amide bonds. The zero-order valence-electron chi connectivity index (χ0n) is 22.8. The molecule has 4 saturated carbocycles. The van der Waals surface area contributed by atoms with E-state index in [4.69, 9.17) is 0 Å². The summed E-state index contributed by atoms with van der Waals surface area (Å²) >= 11 is -2.41. The van der Waals surface area contributed by atoms with Gasteiger partial charge in [0.15, 0.2) is 0 Å². The van der Waals surface area contributed by atoms with Gasteiger partial charge in [-0.3, -0.25) is 0 Å². The molecule has 0 atom stereocenters. The van der Waals surface area contributed by atoms with Crippen molar-refractivity contribution in [3.8, 4) is 11.1 Å². The van der Waals surface area contributed by atoms with E-state index in [0.29, 0.717) is 5.41 Å². The number of hydrogen-bond acceptors (Lipinski definition) is 0. The van der Waals surface area contributed by atoms with E-state index in [-0.39, 0.29) is 24.8 Å². The monoisotopic (exact) mass is 630 g/mol. The topological polar surface area (TPSA) is 0 Å². The van der Waals surface area contributed by atoms with Crippen LogP contribution in [0.4, 0.5) is 0 Å². The molecular weight excluding hydrogens is 595 g/mol. The van der Waals surface area contributed by atoms with Crippen molar-refractivity contribution in [3.05, 3.63) is 110 Å². The third kappa shape index (κ3) is 4.47. The number of hydrogen-bond donors (Lipinski definition) is 0. The summed E-state index contributed by atoms with van der Waals surface area (Å²) < 4.78 is 5.38. The summed E-state index contributed by atoms with van der Waals surface area (Å²) in [4.78, 5) is 0. The fourth-order valence-corrected chi connectivity index (χ4v) is 17.8. The molecule has 0 N–H and O–H groups in total. The zero-order valence-corrected chi connectivity index (χ0v) is 26.9. The minimum absolute atomic E-state index is 0. The fourth-order valence-electron chi connectivity index (χ4n) is 9.49. The van der Waals surface area contributed by atoms with Crippen LogP contribution >= 0.6 is 24.8 Å². The molecular formula is C36H38Cl2Zr. The van der Waals surface area contributed by atoms with Gasteiger partial charge in [-0.15, -0.1) is 24.8 Å². The van der Waals surface area contributed by atoms with Gasteiger partial charge in [-0.05, 0) is 0 Å². The van der Waals surface area contributed by atoms with Crippen LogP contribution in [0.25, 0.3) is 11.1 Å². The minimum Gasteiger partial charge on any atom is -0.147 e. The average molecular weight is 633 g/mol. The number of fused-ring (bicyclic) bond motifs is 3. The van der Waals surface area contributed by atoms with Gasteiger partial charge in [-0.2, -0.15) is 0 Å². The van der Waals surface area contributed by atoms with Gasteiger partial charge in [-0.1, -0.05) is 0 Å². The van der Waals surface area contributed by atoms with Gasteiger partial charge in [0.05, 0.1) is 0 Å². The van der Waals surface area contributed by atoms with Crippen molar-refractivity contribution in [3.63, 3.8) is 0 Å². The molecule has 3 heteroatoms. The maximum atomic E-state index is 2.64. The van der Waals surface area contributed by atoms with Gasteiger partial charge in [0.1, 0.15) is 0 Å². The quantitative estimate of drug-likeness (QED) is 0.211. The Kier molecular flexibility index (Phi) is 7.59. The maximum Gasteiger partial charge on any atom is -0.147 e. The molecule has 4 fully saturated rings. The second-order valence-electron chi connectivity index (χ2n) is 12.7. The third-order valence-corrected chi connectivity index (χ3v) is 18.2. The SMILES string of the molecule is C/[C](c1ccccc1)=[Zr](\[C]1=C(C23CC4CC(CC(C4)C2)C3)C=CC1)[c]1cccc2c1Cc1ccccc1-2.Cl.Cl. The number of allylic oxidation sites excluding steroid dienone is 4. The summed E-state index contributed by atoms with van der Waals surface area (Å²) in [6.45, 7) is 2.51. The molecule has 0 aliphatic heterocycles. The largest absolute Gasteiger partial charge is 0.147 e. The van der Waals surface area contributed by atoms with Crippen LogP contribution in [0.1, 0.15) is 68.6 Å². The Bertz CT molecular complexity index is 1470. The Morgan fingerprint density at radius 2 is 1.38 bits per heavy atom. The predicted octanol–water partition coefficient (Wildman–Crippen LogP) is 9.02. The van der Waals surface area contributed by atoms with E-state index in [1.165, 1.54) is 67.2 Å². The van der Waals surface area contributed by atoms with Gasteiger partial charge < -0.3 is 0 Å². The first-order valence-electron chi connectivity index (χ1n) is 14.6. The van der Waals surface area contributed by atoms with E-state index >= 15 is 0 Å². The Labute approximate surface area is 254 Å². The van der Waals surface area contributed by atoms with Crippen LogP contribution in [-0.4, -0.2) is 3.21 Å². The first-order valence-corrected chi connectivity index (χ1v) is 18.2. The fraction of sp³-hybridized carbons (Fsp3) is 0.361. The molecule has 0 heterocycles. The summed E-state index contributed by atoms with van der Waals surface area (Å²) in [5.74, 6) is 2.99. The van der Waals surface area contributed by atoms with Gasteiger partial charge in [-0.25, -0.2) is 0 Å². The van der Waals surface area contributed by atoms with Crippen LogP contribution in [0.3, 0.4) is 0 Å². The van der Waals surface area contributed by atoms with Crippen LogP contribution in [0.15, 0.2) is 93.8 Å². The van der Waals surface area contributed by atoms with Gasteiger partial charge in [0, 0.05) is 0 Å². The Hall–Kier alpha value is -1.53. The van der Waals surface area contributed by atoms with E-state index < -0.39 is 21.3 Å². The van der Waals surface area contributed by atoms with E-state index in [1.807, 2.05) is 8.85 Å². The molecule has 4 bridgehead atoms. The Balaban J connectivity index is 0.00000138. The molecule has 6 aliphatic carbocycles. The van der Waals surface area contributed by atoms with Crippen LogP contribution in [-0.2, 0) is 27.7 Å². The molecule has 0 saturated heterocycles. The molecule has 200 valence electrons. The molecule has 3 aromatic rings. The summed E-state index contributed by atoms with van der Waals surface area (Å²) in [7, 11) is 0. The van der Waals surface area contributed by atoms with Crippen LogP contribution < -0.4 is 3.27 Å². The van der Waals surface area contributed by atoms with Crippen molar-refractivity contribution in [1.29, 1.82) is 0 Å². The number of benzene rings is 3. The Morgan fingerprint density at radius 1 is 0.744 bits per heavy atom. The second kappa shape index (κ2) is 10.7. The van der Waals surface area contributed by atoms with Crippen LogP contribution in [0, 0.1) is 23.2 Å². The average Bonchev–Trinajstić information content (AvgIpc) is 3.55. The number of halogens is 2. The van der Waals surface area contributed by atoms with Crippen molar-refractivity contribution in [2.45, 2.75) is 58.3 Å². The van der Waals surface area contributed by atoms with Crippen molar-refractivity contribution in [2.24, 2.45) is 23.2 Å². The summed E-state index contributed by atoms with van der Waals surface area (Å²) in [5.41, 5.74) is 9.95. The predicted molar refractivity (Wildman–Crippen MR) is 166 cm³/mol. The molecule has 39 heavy (non-hydrogen) atoms. The maximum absolute atomic E-state index is 2.64. The third-order valence-electron chi connectivity index (χ3n) is 10.5. The minimum atomic E-state index is -2.41. The first-order chi connectivity index (χ1) is 18.2. The molecule has 0 radical (unpaired) electrons. The standard InChI is InChI=1S/C15H19.C13H9.C8H8.2ClH.Zr/c1-2-4-14(3-1)15-8-11-5-12(9-15)7-13(6-11)10-15;1-3-7-12-10(5-1)9-11-6-2-4-8-13(11)12;1-2-8-6-4-3-5-7-8;;;/h1,3,11-13H,2,5-10H2;1-5,7-8H,9H2;3-7H,1H3;2*1H;. The summed E-state index contributed by atoms with van der Waals surface area (Å²) in [6.07, 6.45) is 16.5. The van der Waals surface area contributed by atoms with Crippen molar-refractivity contribution in [2.75, 3.05) is 0 Å². The Morgan fingerprint density at radius 3 is 2.10 bits per heavy atom. The molecule has 0 nitrogen and oxygen atoms in total. The van der Waals surface area contributed by atoms with E-state index in [0.717, 1.165) is 24.2 Å².